The molecule has 0 saturated carbocycles. The van der Waals surface area contributed by atoms with Gasteiger partial charge in [-0.3, -0.25) is 10.1 Å². The number of rotatable bonds is 7. The Morgan fingerprint density at radius 3 is 2.45 bits per heavy atom. The van der Waals surface area contributed by atoms with Gasteiger partial charge in [0, 0.05) is 29.7 Å². The Kier molecular flexibility index (Phi) is 6.77. The monoisotopic (exact) mass is 402 g/mol. The lowest BCUT2D eigenvalue weighted by molar-refractivity contribution is -0.112. The van der Waals surface area contributed by atoms with Crippen LogP contribution in [-0.2, 0) is 4.79 Å². The molecule has 0 saturated heterocycles. The number of anilines is 2. The predicted octanol–water partition coefficient (Wildman–Crippen LogP) is 5.20. The van der Waals surface area contributed by atoms with Crippen LogP contribution in [0.2, 0.25) is 0 Å². The molecule has 5 nitrogen and oxygen atoms in total. The highest BCUT2D eigenvalue weighted by Crippen LogP contribution is 2.25. The molecule has 0 bridgehead atoms. The maximum Gasteiger partial charge on any atom is 0.268 e. The summed E-state index contributed by atoms with van der Waals surface area (Å²) in [6.45, 7) is 6.07. The fraction of sp³-hybridized carbons (Fsp3) is 0.174. The number of carbonyl (C=O) groups excluding carboxylic acids is 1. The summed E-state index contributed by atoms with van der Waals surface area (Å²) >= 11 is 1.33. The molecule has 0 radical (unpaired) electrons. The van der Waals surface area contributed by atoms with Gasteiger partial charge in [-0.1, -0.05) is 42.5 Å². The van der Waals surface area contributed by atoms with E-state index < -0.39 is 5.91 Å². The molecular formula is C23H22N4OS. The van der Waals surface area contributed by atoms with E-state index in [1.807, 2.05) is 66.0 Å². The smallest absolute Gasteiger partial charge is 0.268 e. The van der Waals surface area contributed by atoms with Gasteiger partial charge in [0.2, 0.25) is 0 Å². The zero-order chi connectivity index (χ0) is 20.6. The van der Waals surface area contributed by atoms with E-state index in [1.165, 1.54) is 11.3 Å². The van der Waals surface area contributed by atoms with Crippen LogP contribution in [-0.4, -0.2) is 24.0 Å². The predicted molar refractivity (Wildman–Crippen MR) is 120 cm³/mol. The molecule has 0 aliphatic heterocycles. The lowest BCUT2D eigenvalue weighted by Gasteiger charge is -2.20. The molecule has 3 aromatic rings. The Bertz CT molecular complexity index is 1030. The van der Waals surface area contributed by atoms with Gasteiger partial charge < -0.3 is 4.90 Å². The molecule has 1 aromatic heterocycles. The van der Waals surface area contributed by atoms with Crippen molar-refractivity contribution in [2.75, 3.05) is 23.3 Å². The molecule has 6 heteroatoms. The van der Waals surface area contributed by atoms with Crippen LogP contribution in [0.25, 0.3) is 17.3 Å². The van der Waals surface area contributed by atoms with Crippen LogP contribution in [0.4, 0.5) is 10.8 Å². The molecule has 0 atom stereocenters. The topological polar surface area (TPSA) is 69.0 Å². The molecule has 29 heavy (non-hydrogen) atoms. The Morgan fingerprint density at radius 2 is 1.83 bits per heavy atom. The van der Waals surface area contributed by atoms with Crippen LogP contribution >= 0.6 is 11.3 Å². The molecule has 2 aromatic carbocycles. The van der Waals surface area contributed by atoms with Crippen LogP contribution in [0, 0.1) is 11.3 Å². The van der Waals surface area contributed by atoms with Crippen molar-refractivity contribution in [3.63, 3.8) is 0 Å². The number of aromatic nitrogens is 1. The van der Waals surface area contributed by atoms with Crippen molar-refractivity contribution in [1.29, 1.82) is 5.26 Å². The number of amides is 1. The van der Waals surface area contributed by atoms with E-state index in [9.17, 15) is 10.1 Å². The third-order valence-electron chi connectivity index (χ3n) is 4.49. The van der Waals surface area contributed by atoms with Gasteiger partial charge in [-0.2, -0.15) is 5.26 Å². The Hall–Kier alpha value is -3.43. The quantitative estimate of drug-likeness (QED) is 0.435. The van der Waals surface area contributed by atoms with Gasteiger partial charge in [0.05, 0.1) is 5.69 Å². The second kappa shape index (κ2) is 9.67. The number of hydrogen-bond acceptors (Lipinski definition) is 5. The van der Waals surface area contributed by atoms with Crippen molar-refractivity contribution in [2.45, 2.75) is 13.8 Å². The van der Waals surface area contributed by atoms with Gasteiger partial charge in [-0.15, -0.1) is 11.3 Å². The number of benzene rings is 2. The number of nitriles is 1. The summed E-state index contributed by atoms with van der Waals surface area (Å²) in [5, 5.41) is 14.5. The normalized spacial score (nSPS) is 11.0. The fourth-order valence-corrected chi connectivity index (χ4v) is 3.64. The second-order valence-electron chi connectivity index (χ2n) is 6.29. The minimum atomic E-state index is -0.464. The van der Waals surface area contributed by atoms with E-state index in [0.717, 1.165) is 35.6 Å². The first-order chi connectivity index (χ1) is 14.1. The lowest BCUT2D eigenvalue weighted by Crippen LogP contribution is -2.21. The molecule has 1 heterocycles. The summed E-state index contributed by atoms with van der Waals surface area (Å²) < 4.78 is 0. The average Bonchev–Trinajstić information content (AvgIpc) is 3.23. The molecular weight excluding hydrogens is 380 g/mol. The standard InChI is InChI=1S/C23H22N4OS/c1-3-27(4-2)20-12-10-17(11-13-20)14-19(15-24)22(28)26-23-25-21(16-29-23)18-8-6-5-7-9-18/h5-14,16H,3-4H2,1-2H3,(H,25,26,28)/b19-14-. The largest absolute Gasteiger partial charge is 0.372 e. The van der Waals surface area contributed by atoms with Crippen molar-refractivity contribution < 1.29 is 4.79 Å². The average molecular weight is 403 g/mol. The van der Waals surface area contributed by atoms with Crippen molar-refractivity contribution in [1.82, 2.24) is 4.98 Å². The summed E-state index contributed by atoms with van der Waals surface area (Å²) in [6, 6.07) is 19.5. The fourth-order valence-electron chi connectivity index (χ4n) is 2.92. The molecule has 0 fully saturated rings. The van der Waals surface area contributed by atoms with E-state index >= 15 is 0 Å². The highest BCUT2D eigenvalue weighted by molar-refractivity contribution is 7.14. The van der Waals surface area contributed by atoms with Crippen LogP contribution in [0.3, 0.4) is 0 Å². The van der Waals surface area contributed by atoms with Gasteiger partial charge in [-0.25, -0.2) is 4.98 Å². The van der Waals surface area contributed by atoms with Crippen LogP contribution in [0.5, 0.6) is 0 Å². The third kappa shape index (κ3) is 5.09. The first-order valence-electron chi connectivity index (χ1n) is 9.43. The van der Waals surface area contributed by atoms with E-state index in [1.54, 1.807) is 6.08 Å². The highest BCUT2D eigenvalue weighted by Gasteiger charge is 2.13. The minimum absolute atomic E-state index is 0.0389. The number of nitrogens with one attached hydrogen (secondary N) is 1. The van der Waals surface area contributed by atoms with E-state index in [-0.39, 0.29) is 5.57 Å². The van der Waals surface area contributed by atoms with Gasteiger partial charge in [0.1, 0.15) is 11.6 Å². The number of carbonyl (C=O) groups is 1. The Balaban J connectivity index is 1.72. The SMILES string of the molecule is CCN(CC)c1ccc(/C=C(/C#N)C(=O)Nc2nc(-c3ccccc3)cs2)cc1. The van der Waals surface area contributed by atoms with Gasteiger partial charge in [0.15, 0.2) is 5.13 Å². The molecule has 0 unspecified atom stereocenters. The number of nitrogens with zero attached hydrogens (tertiary/aromatic N) is 3. The van der Waals surface area contributed by atoms with E-state index in [2.05, 4.69) is 29.0 Å². The number of hydrogen-bond donors (Lipinski definition) is 1. The molecule has 0 aliphatic rings. The first kappa shape index (κ1) is 20.3. The van der Waals surface area contributed by atoms with Gasteiger partial charge >= 0.3 is 0 Å². The van der Waals surface area contributed by atoms with Crippen molar-refractivity contribution >= 4 is 34.1 Å². The van der Waals surface area contributed by atoms with Gasteiger partial charge in [0.25, 0.3) is 5.91 Å². The molecule has 1 amide bonds. The second-order valence-corrected chi connectivity index (χ2v) is 7.15. The van der Waals surface area contributed by atoms with Crippen LogP contribution in [0.15, 0.2) is 65.6 Å². The maximum absolute atomic E-state index is 12.5. The molecule has 146 valence electrons. The third-order valence-corrected chi connectivity index (χ3v) is 5.25. The first-order valence-corrected chi connectivity index (χ1v) is 10.3. The Morgan fingerprint density at radius 1 is 1.14 bits per heavy atom. The summed E-state index contributed by atoms with van der Waals surface area (Å²) in [5.41, 5.74) is 3.73. The van der Waals surface area contributed by atoms with Crippen LogP contribution < -0.4 is 10.2 Å². The van der Waals surface area contributed by atoms with Crippen molar-refractivity contribution in [2.24, 2.45) is 0 Å². The maximum atomic E-state index is 12.5. The van der Waals surface area contributed by atoms with E-state index in [0.29, 0.717) is 5.13 Å². The van der Waals surface area contributed by atoms with E-state index in [4.69, 9.17) is 0 Å². The zero-order valence-electron chi connectivity index (χ0n) is 16.4. The molecule has 3 rings (SSSR count). The minimum Gasteiger partial charge on any atom is -0.372 e. The Labute approximate surface area is 174 Å². The molecule has 1 N–H and O–H groups in total. The number of thiazole rings is 1. The zero-order valence-corrected chi connectivity index (χ0v) is 17.2. The highest BCUT2D eigenvalue weighted by atomic mass is 32.1. The van der Waals surface area contributed by atoms with Crippen molar-refractivity contribution in [3.8, 4) is 17.3 Å². The summed E-state index contributed by atoms with van der Waals surface area (Å²) in [6.07, 6.45) is 1.59. The van der Waals surface area contributed by atoms with Crippen LogP contribution in [0.1, 0.15) is 19.4 Å². The summed E-state index contributed by atoms with van der Waals surface area (Å²) in [7, 11) is 0. The molecule has 0 aliphatic carbocycles. The summed E-state index contributed by atoms with van der Waals surface area (Å²) in [5.74, 6) is -0.464. The summed E-state index contributed by atoms with van der Waals surface area (Å²) in [4.78, 5) is 19.2. The van der Waals surface area contributed by atoms with Crippen molar-refractivity contribution in [3.05, 3.63) is 71.1 Å². The van der Waals surface area contributed by atoms with Gasteiger partial charge in [-0.05, 0) is 37.6 Å². The lowest BCUT2D eigenvalue weighted by atomic mass is 10.1. The molecule has 0 spiro atoms.